The number of nitrogens with zero attached hydrogens (tertiary/aromatic N) is 4. The minimum Gasteiger partial charge on any atom is -0.325 e. The Labute approximate surface area is 160 Å². The SMILES string of the molecule is Cc1ccc(-n2nnnc2SC(C)C(=O)Nc2cc(Cl)ccc2C)cc1. The van der Waals surface area contributed by atoms with E-state index >= 15 is 0 Å². The van der Waals surface area contributed by atoms with Crippen molar-refractivity contribution in [1.82, 2.24) is 20.2 Å². The number of halogens is 1. The quantitative estimate of drug-likeness (QED) is 0.668. The van der Waals surface area contributed by atoms with Crippen molar-refractivity contribution in [1.29, 1.82) is 0 Å². The molecule has 134 valence electrons. The van der Waals surface area contributed by atoms with Crippen LogP contribution in [0.2, 0.25) is 5.02 Å². The van der Waals surface area contributed by atoms with Gasteiger partial charge in [0, 0.05) is 10.7 Å². The van der Waals surface area contributed by atoms with Crippen LogP contribution < -0.4 is 5.32 Å². The van der Waals surface area contributed by atoms with Crippen LogP contribution >= 0.6 is 23.4 Å². The molecule has 0 saturated heterocycles. The van der Waals surface area contributed by atoms with Gasteiger partial charge in [-0.3, -0.25) is 4.79 Å². The average molecular weight is 388 g/mol. The van der Waals surface area contributed by atoms with Gasteiger partial charge in [0.25, 0.3) is 0 Å². The standard InChI is InChI=1S/C18H18ClN5OS/c1-11-4-8-15(9-5-11)24-18(21-22-23-24)26-13(3)17(25)20-16-10-14(19)7-6-12(16)2/h4-10,13H,1-3H3,(H,20,25). The van der Waals surface area contributed by atoms with Crippen molar-refractivity contribution < 1.29 is 4.79 Å². The number of aryl methyl sites for hydroxylation is 2. The first-order valence-corrected chi connectivity index (χ1v) is 9.29. The Morgan fingerprint density at radius 2 is 1.92 bits per heavy atom. The number of carbonyl (C=O) groups excluding carboxylic acids is 1. The first-order valence-electron chi connectivity index (χ1n) is 8.03. The van der Waals surface area contributed by atoms with Crippen molar-refractivity contribution in [3.05, 3.63) is 58.6 Å². The zero-order valence-electron chi connectivity index (χ0n) is 14.6. The molecule has 1 atom stereocenters. The third kappa shape index (κ3) is 4.23. The summed E-state index contributed by atoms with van der Waals surface area (Å²) in [6.45, 7) is 5.75. The molecule has 2 aromatic carbocycles. The molecule has 0 aliphatic carbocycles. The Bertz CT molecular complexity index is 926. The van der Waals surface area contributed by atoms with E-state index in [-0.39, 0.29) is 11.2 Å². The molecule has 6 nitrogen and oxygen atoms in total. The second-order valence-corrected chi connectivity index (χ2v) is 7.66. The summed E-state index contributed by atoms with van der Waals surface area (Å²) in [5, 5.41) is 15.5. The Balaban J connectivity index is 1.73. The smallest absolute Gasteiger partial charge is 0.237 e. The summed E-state index contributed by atoms with van der Waals surface area (Å²) in [7, 11) is 0. The first-order chi connectivity index (χ1) is 12.4. The summed E-state index contributed by atoms with van der Waals surface area (Å²) in [6, 6.07) is 13.3. The van der Waals surface area contributed by atoms with Gasteiger partial charge in [0.1, 0.15) is 0 Å². The van der Waals surface area contributed by atoms with Gasteiger partial charge in [-0.05, 0) is 61.0 Å². The molecule has 0 spiro atoms. The third-order valence-electron chi connectivity index (χ3n) is 3.83. The summed E-state index contributed by atoms with van der Waals surface area (Å²) >= 11 is 7.30. The van der Waals surface area contributed by atoms with Crippen molar-refractivity contribution in [2.75, 3.05) is 5.32 Å². The zero-order chi connectivity index (χ0) is 18.7. The highest BCUT2D eigenvalue weighted by atomic mass is 35.5. The van der Waals surface area contributed by atoms with Crippen molar-refractivity contribution in [2.24, 2.45) is 0 Å². The number of tetrazole rings is 1. The second kappa shape index (κ2) is 7.88. The van der Waals surface area contributed by atoms with Crippen molar-refractivity contribution >= 4 is 35.0 Å². The van der Waals surface area contributed by atoms with Crippen LogP contribution in [0.5, 0.6) is 0 Å². The van der Waals surface area contributed by atoms with E-state index in [0.29, 0.717) is 15.9 Å². The normalized spacial score (nSPS) is 12.0. The molecule has 1 heterocycles. The van der Waals surface area contributed by atoms with Crippen LogP contribution in [0.4, 0.5) is 5.69 Å². The highest BCUT2D eigenvalue weighted by molar-refractivity contribution is 8.00. The molecule has 0 aliphatic heterocycles. The molecule has 3 rings (SSSR count). The van der Waals surface area contributed by atoms with Crippen LogP contribution in [-0.2, 0) is 4.79 Å². The highest BCUT2D eigenvalue weighted by Crippen LogP contribution is 2.25. The number of rotatable bonds is 5. The van der Waals surface area contributed by atoms with E-state index in [1.54, 1.807) is 16.8 Å². The molecule has 8 heteroatoms. The number of anilines is 1. The molecule has 1 aromatic heterocycles. The predicted octanol–water partition coefficient (Wildman–Crippen LogP) is 4.05. The second-order valence-electron chi connectivity index (χ2n) is 5.92. The molecular weight excluding hydrogens is 370 g/mol. The molecule has 0 radical (unpaired) electrons. The van der Waals surface area contributed by atoms with Crippen LogP contribution in [0.25, 0.3) is 5.69 Å². The largest absolute Gasteiger partial charge is 0.325 e. The van der Waals surface area contributed by atoms with Gasteiger partial charge in [-0.15, -0.1) is 5.10 Å². The molecule has 1 amide bonds. The van der Waals surface area contributed by atoms with Crippen LogP contribution in [0.1, 0.15) is 18.1 Å². The van der Waals surface area contributed by atoms with Gasteiger partial charge in [0.2, 0.25) is 11.1 Å². The number of amides is 1. The minimum absolute atomic E-state index is 0.140. The Kier molecular flexibility index (Phi) is 5.58. The minimum atomic E-state index is -0.386. The number of benzene rings is 2. The molecule has 0 aliphatic rings. The van der Waals surface area contributed by atoms with E-state index < -0.39 is 0 Å². The van der Waals surface area contributed by atoms with Crippen LogP contribution in [-0.4, -0.2) is 31.4 Å². The maximum absolute atomic E-state index is 12.5. The third-order valence-corrected chi connectivity index (χ3v) is 5.10. The molecule has 26 heavy (non-hydrogen) atoms. The predicted molar refractivity (Wildman–Crippen MR) is 104 cm³/mol. The Morgan fingerprint density at radius 1 is 1.19 bits per heavy atom. The van der Waals surface area contributed by atoms with Crippen molar-refractivity contribution in [3.8, 4) is 5.69 Å². The van der Waals surface area contributed by atoms with Gasteiger partial charge in [-0.2, -0.15) is 4.68 Å². The van der Waals surface area contributed by atoms with E-state index in [9.17, 15) is 4.79 Å². The zero-order valence-corrected chi connectivity index (χ0v) is 16.2. The monoisotopic (exact) mass is 387 g/mol. The molecule has 0 bridgehead atoms. The molecular formula is C18H18ClN5OS. The summed E-state index contributed by atoms with van der Waals surface area (Å²) in [4.78, 5) is 12.5. The summed E-state index contributed by atoms with van der Waals surface area (Å²) in [5.74, 6) is -0.140. The van der Waals surface area contributed by atoms with Gasteiger partial charge in [0.05, 0.1) is 10.9 Å². The molecule has 0 saturated carbocycles. The van der Waals surface area contributed by atoms with E-state index in [4.69, 9.17) is 11.6 Å². The summed E-state index contributed by atoms with van der Waals surface area (Å²) in [5.41, 5.74) is 3.65. The maximum atomic E-state index is 12.5. The lowest BCUT2D eigenvalue weighted by Gasteiger charge is -2.13. The van der Waals surface area contributed by atoms with Gasteiger partial charge in [0.15, 0.2) is 0 Å². The first kappa shape index (κ1) is 18.4. The number of carbonyl (C=O) groups is 1. The van der Waals surface area contributed by atoms with E-state index in [2.05, 4.69) is 20.8 Å². The maximum Gasteiger partial charge on any atom is 0.237 e. The van der Waals surface area contributed by atoms with Gasteiger partial charge < -0.3 is 5.32 Å². The van der Waals surface area contributed by atoms with Crippen molar-refractivity contribution in [3.63, 3.8) is 0 Å². The summed E-state index contributed by atoms with van der Waals surface area (Å²) < 4.78 is 1.62. The van der Waals surface area contributed by atoms with Gasteiger partial charge in [-0.25, -0.2) is 0 Å². The highest BCUT2D eigenvalue weighted by Gasteiger charge is 2.20. The topological polar surface area (TPSA) is 72.7 Å². The number of hydrogen-bond donors (Lipinski definition) is 1. The molecule has 1 N–H and O–H groups in total. The Morgan fingerprint density at radius 3 is 2.65 bits per heavy atom. The fraction of sp³-hybridized carbons (Fsp3) is 0.222. The van der Waals surface area contributed by atoms with E-state index in [1.165, 1.54) is 11.8 Å². The fourth-order valence-corrected chi connectivity index (χ4v) is 3.26. The van der Waals surface area contributed by atoms with Gasteiger partial charge >= 0.3 is 0 Å². The number of thioether (sulfide) groups is 1. The number of hydrogen-bond acceptors (Lipinski definition) is 5. The average Bonchev–Trinajstić information content (AvgIpc) is 3.07. The van der Waals surface area contributed by atoms with Gasteiger partial charge in [-0.1, -0.05) is 47.1 Å². The van der Waals surface area contributed by atoms with Crippen LogP contribution in [0.15, 0.2) is 47.6 Å². The van der Waals surface area contributed by atoms with Crippen LogP contribution in [0.3, 0.4) is 0 Å². The van der Waals surface area contributed by atoms with E-state index in [1.807, 2.05) is 51.1 Å². The lowest BCUT2D eigenvalue weighted by molar-refractivity contribution is -0.115. The van der Waals surface area contributed by atoms with Crippen LogP contribution in [0, 0.1) is 13.8 Å². The molecule has 0 fully saturated rings. The Hall–Kier alpha value is -2.38. The molecule has 1 unspecified atom stereocenters. The number of nitrogens with one attached hydrogen (secondary N) is 1. The van der Waals surface area contributed by atoms with Crippen molar-refractivity contribution in [2.45, 2.75) is 31.2 Å². The molecule has 3 aromatic rings. The fourth-order valence-electron chi connectivity index (χ4n) is 2.28. The lowest BCUT2D eigenvalue weighted by Crippen LogP contribution is -2.23. The summed E-state index contributed by atoms with van der Waals surface area (Å²) in [6.07, 6.45) is 0. The number of aromatic nitrogens is 4. The van der Waals surface area contributed by atoms with E-state index in [0.717, 1.165) is 16.8 Å². The lowest BCUT2D eigenvalue weighted by atomic mass is 10.2.